The van der Waals surface area contributed by atoms with E-state index < -0.39 is 0 Å². The van der Waals surface area contributed by atoms with E-state index in [0.29, 0.717) is 28.4 Å². The first-order valence-corrected chi connectivity index (χ1v) is 9.03. The molecule has 0 saturated carbocycles. The summed E-state index contributed by atoms with van der Waals surface area (Å²) in [6.07, 6.45) is 1.53. The topological polar surface area (TPSA) is 63.2 Å². The van der Waals surface area contributed by atoms with Gasteiger partial charge in [0.1, 0.15) is 17.4 Å². The summed E-state index contributed by atoms with van der Waals surface area (Å²) in [5.74, 6) is 0.530. The second-order valence-corrected chi connectivity index (χ2v) is 6.49. The van der Waals surface area contributed by atoms with Crippen molar-refractivity contribution in [2.24, 2.45) is 0 Å². The molecule has 1 amide bonds. The number of benzene rings is 2. The first kappa shape index (κ1) is 19.4. The molecule has 0 radical (unpaired) electrons. The maximum Gasteiger partial charge on any atom is 0.255 e. The molecule has 28 heavy (non-hydrogen) atoms. The molecule has 0 saturated heterocycles. The van der Waals surface area contributed by atoms with Crippen molar-refractivity contribution in [3.05, 3.63) is 83.8 Å². The van der Waals surface area contributed by atoms with Gasteiger partial charge in [0.25, 0.3) is 5.91 Å². The third-order valence-corrected chi connectivity index (χ3v) is 3.94. The SMILES string of the molecule is CC(C)Oc1ccccc1NC(=O)c1ccnc(NCc2ccccc2F)c1. The van der Waals surface area contributed by atoms with E-state index in [4.69, 9.17) is 4.74 Å². The Morgan fingerprint density at radius 1 is 1.11 bits per heavy atom. The fourth-order valence-electron chi connectivity index (χ4n) is 2.62. The van der Waals surface area contributed by atoms with E-state index in [1.165, 1.54) is 12.3 Å². The van der Waals surface area contributed by atoms with Crippen molar-refractivity contribution in [1.29, 1.82) is 0 Å². The van der Waals surface area contributed by atoms with Crippen LogP contribution in [0.25, 0.3) is 0 Å². The van der Waals surface area contributed by atoms with Gasteiger partial charge in [0.15, 0.2) is 0 Å². The lowest BCUT2D eigenvalue weighted by molar-refractivity contribution is 0.102. The standard InChI is InChI=1S/C22H22FN3O2/c1-15(2)28-20-10-6-5-9-19(20)26-22(27)16-11-12-24-21(13-16)25-14-17-7-3-4-8-18(17)23/h3-13,15H,14H2,1-2H3,(H,24,25)(H,26,27). The van der Waals surface area contributed by atoms with E-state index in [2.05, 4.69) is 15.6 Å². The molecule has 2 aromatic carbocycles. The van der Waals surface area contributed by atoms with Crippen LogP contribution in [-0.4, -0.2) is 17.0 Å². The summed E-state index contributed by atoms with van der Waals surface area (Å²) in [5.41, 5.74) is 1.56. The van der Waals surface area contributed by atoms with Crippen LogP contribution >= 0.6 is 0 Å². The number of pyridine rings is 1. The minimum Gasteiger partial charge on any atom is -0.489 e. The van der Waals surface area contributed by atoms with Crippen LogP contribution in [0.5, 0.6) is 5.75 Å². The van der Waals surface area contributed by atoms with Crippen molar-refractivity contribution in [1.82, 2.24) is 4.98 Å². The number of amides is 1. The van der Waals surface area contributed by atoms with Gasteiger partial charge in [-0.25, -0.2) is 9.37 Å². The summed E-state index contributed by atoms with van der Waals surface area (Å²) in [4.78, 5) is 16.8. The van der Waals surface area contributed by atoms with Gasteiger partial charge in [-0.2, -0.15) is 0 Å². The van der Waals surface area contributed by atoms with E-state index in [9.17, 15) is 9.18 Å². The third-order valence-electron chi connectivity index (χ3n) is 3.94. The number of rotatable bonds is 7. The third kappa shape index (κ3) is 5.07. The van der Waals surface area contributed by atoms with Crippen LogP contribution in [0.4, 0.5) is 15.9 Å². The largest absolute Gasteiger partial charge is 0.489 e. The number of halogens is 1. The molecule has 5 nitrogen and oxygen atoms in total. The molecule has 144 valence electrons. The molecule has 6 heteroatoms. The van der Waals surface area contributed by atoms with Crippen LogP contribution in [-0.2, 0) is 6.54 Å². The van der Waals surface area contributed by atoms with Gasteiger partial charge in [-0.05, 0) is 44.2 Å². The van der Waals surface area contributed by atoms with Gasteiger partial charge in [-0.1, -0.05) is 30.3 Å². The number of hydrogen-bond donors (Lipinski definition) is 2. The maximum atomic E-state index is 13.7. The summed E-state index contributed by atoms with van der Waals surface area (Å²) >= 11 is 0. The normalized spacial score (nSPS) is 10.6. The van der Waals surface area contributed by atoms with Crippen LogP contribution in [0.3, 0.4) is 0 Å². The monoisotopic (exact) mass is 379 g/mol. The van der Waals surface area contributed by atoms with Crippen molar-refractivity contribution >= 4 is 17.4 Å². The Balaban J connectivity index is 1.70. The van der Waals surface area contributed by atoms with Gasteiger partial charge in [0.2, 0.25) is 0 Å². The van der Waals surface area contributed by atoms with Gasteiger partial charge >= 0.3 is 0 Å². The van der Waals surface area contributed by atoms with Gasteiger partial charge in [-0.3, -0.25) is 4.79 Å². The van der Waals surface area contributed by atoms with Gasteiger partial charge in [-0.15, -0.1) is 0 Å². The van der Waals surface area contributed by atoms with Gasteiger partial charge in [0, 0.05) is 23.9 Å². The summed E-state index contributed by atoms with van der Waals surface area (Å²) < 4.78 is 19.5. The Morgan fingerprint density at radius 3 is 2.64 bits per heavy atom. The molecule has 2 N–H and O–H groups in total. The fourth-order valence-corrected chi connectivity index (χ4v) is 2.62. The number of anilines is 2. The van der Waals surface area contributed by atoms with E-state index in [-0.39, 0.29) is 24.4 Å². The van der Waals surface area contributed by atoms with E-state index in [1.54, 1.807) is 36.4 Å². The quantitative estimate of drug-likeness (QED) is 0.615. The first-order valence-electron chi connectivity index (χ1n) is 9.03. The minimum absolute atomic E-state index is 0.00633. The lowest BCUT2D eigenvalue weighted by Gasteiger charge is -2.15. The summed E-state index contributed by atoms with van der Waals surface area (Å²) in [6.45, 7) is 4.12. The van der Waals surface area contributed by atoms with Crippen molar-refractivity contribution in [3.63, 3.8) is 0 Å². The Bertz CT molecular complexity index is 960. The first-order chi connectivity index (χ1) is 13.5. The van der Waals surface area contributed by atoms with Crippen molar-refractivity contribution in [2.45, 2.75) is 26.5 Å². The van der Waals surface area contributed by atoms with Crippen molar-refractivity contribution in [3.8, 4) is 5.75 Å². The van der Waals surface area contributed by atoms with E-state index in [1.807, 2.05) is 32.0 Å². The van der Waals surface area contributed by atoms with Crippen molar-refractivity contribution in [2.75, 3.05) is 10.6 Å². The van der Waals surface area contributed by atoms with Crippen molar-refractivity contribution < 1.29 is 13.9 Å². The predicted octanol–water partition coefficient (Wildman–Crippen LogP) is 4.87. The highest BCUT2D eigenvalue weighted by atomic mass is 19.1. The zero-order valence-corrected chi connectivity index (χ0v) is 15.8. The number of nitrogens with one attached hydrogen (secondary N) is 2. The maximum absolute atomic E-state index is 13.7. The molecule has 0 bridgehead atoms. The zero-order chi connectivity index (χ0) is 19.9. The number of aromatic nitrogens is 1. The molecular weight excluding hydrogens is 357 g/mol. The Morgan fingerprint density at radius 2 is 1.86 bits per heavy atom. The molecule has 3 aromatic rings. The predicted molar refractivity (Wildman–Crippen MR) is 108 cm³/mol. The second kappa shape index (κ2) is 8.99. The molecule has 0 atom stereocenters. The number of carbonyl (C=O) groups excluding carboxylic acids is 1. The molecule has 1 aromatic heterocycles. The number of para-hydroxylation sites is 2. The fraction of sp³-hybridized carbons (Fsp3) is 0.182. The highest BCUT2D eigenvalue weighted by molar-refractivity contribution is 6.05. The van der Waals surface area contributed by atoms with Gasteiger partial charge < -0.3 is 15.4 Å². The lowest BCUT2D eigenvalue weighted by atomic mass is 10.2. The van der Waals surface area contributed by atoms with E-state index >= 15 is 0 Å². The molecule has 0 aliphatic carbocycles. The number of ether oxygens (including phenoxy) is 1. The Hall–Kier alpha value is -3.41. The van der Waals surface area contributed by atoms with Crippen LogP contribution < -0.4 is 15.4 Å². The smallest absolute Gasteiger partial charge is 0.255 e. The Labute approximate surface area is 163 Å². The second-order valence-electron chi connectivity index (χ2n) is 6.49. The minimum atomic E-state index is -0.286. The number of carbonyl (C=O) groups is 1. The van der Waals surface area contributed by atoms with E-state index in [0.717, 1.165) is 0 Å². The molecule has 0 aliphatic heterocycles. The Kier molecular flexibility index (Phi) is 6.22. The van der Waals surface area contributed by atoms with Crippen LogP contribution in [0, 0.1) is 5.82 Å². The summed E-state index contributed by atoms with van der Waals surface area (Å²) in [6, 6.07) is 17.0. The molecule has 0 aliphatic rings. The zero-order valence-electron chi connectivity index (χ0n) is 15.8. The van der Waals surface area contributed by atoms with Crippen LogP contribution in [0.1, 0.15) is 29.8 Å². The number of nitrogens with zero attached hydrogens (tertiary/aromatic N) is 1. The highest BCUT2D eigenvalue weighted by Crippen LogP contribution is 2.25. The highest BCUT2D eigenvalue weighted by Gasteiger charge is 2.12. The lowest BCUT2D eigenvalue weighted by Crippen LogP contribution is -2.15. The average Bonchev–Trinajstić information content (AvgIpc) is 2.69. The van der Waals surface area contributed by atoms with Crippen LogP contribution in [0.2, 0.25) is 0 Å². The average molecular weight is 379 g/mol. The summed E-state index contributed by atoms with van der Waals surface area (Å²) in [5, 5.41) is 5.91. The number of hydrogen-bond acceptors (Lipinski definition) is 4. The summed E-state index contributed by atoms with van der Waals surface area (Å²) in [7, 11) is 0. The molecular formula is C22H22FN3O2. The molecule has 1 heterocycles. The molecule has 0 fully saturated rings. The van der Waals surface area contributed by atoms with Gasteiger partial charge in [0.05, 0.1) is 11.8 Å². The molecule has 0 spiro atoms. The molecule has 3 rings (SSSR count). The molecule has 0 unspecified atom stereocenters. The van der Waals surface area contributed by atoms with Crippen LogP contribution in [0.15, 0.2) is 66.9 Å².